The van der Waals surface area contributed by atoms with Gasteiger partial charge in [-0.15, -0.1) is 0 Å². The first-order valence-corrected chi connectivity index (χ1v) is 15.2. The van der Waals surface area contributed by atoms with Crippen molar-refractivity contribution in [3.63, 3.8) is 0 Å². The van der Waals surface area contributed by atoms with Gasteiger partial charge in [-0.3, -0.25) is 14.3 Å². The van der Waals surface area contributed by atoms with Gasteiger partial charge in [0.1, 0.15) is 5.75 Å². The van der Waals surface area contributed by atoms with Crippen LogP contribution >= 0.6 is 23.2 Å². The largest absolute Gasteiger partial charge is 0.510 e. The zero-order valence-corrected chi connectivity index (χ0v) is 25.2. The number of carbonyl (C=O) groups excluding carboxylic acids is 1. The number of piperazine rings is 1. The number of aromatic nitrogens is 1. The van der Waals surface area contributed by atoms with Crippen molar-refractivity contribution >= 4 is 45.9 Å². The molecule has 0 unspecified atom stereocenters. The number of nitrogens with zero attached hydrogens (tertiary/aromatic N) is 3. The standard InChI is InChI=1S/C31H39Cl2N3O5/c1-2-3-4-6-21-40-31(38)41-23-36-28-22-25(13-11-24(28)12-14-29(36)37)39-20-7-5-15-34-16-18-35(19-17-34)27-10-8-9-26(32)30(27)33/h8-14,22H,2-7,15-21,23H2,1H3. The molecule has 4 rings (SSSR count). The second-order valence-electron chi connectivity index (χ2n) is 10.2. The molecule has 1 aromatic heterocycles. The highest BCUT2D eigenvalue weighted by molar-refractivity contribution is 6.43. The van der Waals surface area contributed by atoms with Crippen molar-refractivity contribution in [1.29, 1.82) is 0 Å². The van der Waals surface area contributed by atoms with E-state index in [4.69, 9.17) is 37.4 Å². The highest BCUT2D eigenvalue weighted by Gasteiger charge is 2.19. The van der Waals surface area contributed by atoms with Crippen LogP contribution < -0.4 is 15.2 Å². The highest BCUT2D eigenvalue weighted by Crippen LogP contribution is 2.33. The number of hydrogen-bond donors (Lipinski definition) is 0. The van der Waals surface area contributed by atoms with Gasteiger partial charge in [-0.25, -0.2) is 4.79 Å². The average Bonchev–Trinajstić information content (AvgIpc) is 2.98. The molecule has 0 saturated carbocycles. The second kappa shape index (κ2) is 15.9. The minimum atomic E-state index is -0.771. The van der Waals surface area contributed by atoms with Gasteiger partial charge in [0.25, 0.3) is 5.56 Å². The molecule has 0 aliphatic carbocycles. The molecular weight excluding hydrogens is 565 g/mol. The van der Waals surface area contributed by atoms with Crippen molar-refractivity contribution < 1.29 is 19.0 Å². The van der Waals surface area contributed by atoms with Crippen LogP contribution in [0.5, 0.6) is 5.75 Å². The molecular formula is C31H39Cl2N3O5. The third kappa shape index (κ3) is 9.02. The normalized spacial score (nSPS) is 13.9. The first-order valence-electron chi connectivity index (χ1n) is 14.4. The van der Waals surface area contributed by atoms with Crippen LogP contribution in [0.15, 0.2) is 53.3 Å². The molecule has 0 spiro atoms. The number of unbranched alkanes of at least 4 members (excludes halogenated alkanes) is 4. The van der Waals surface area contributed by atoms with Gasteiger partial charge in [0.15, 0.2) is 6.73 Å². The van der Waals surface area contributed by atoms with E-state index in [9.17, 15) is 9.59 Å². The number of rotatable bonds is 14. The first kappa shape index (κ1) is 31.0. The average molecular weight is 605 g/mol. The Kier molecular flexibility index (Phi) is 12.0. The highest BCUT2D eigenvalue weighted by atomic mass is 35.5. The Hall–Kier alpha value is -2.94. The fraction of sp³-hybridized carbons (Fsp3) is 0.484. The Morgan fingerprint density at radius 2 is 1.66 bits per heavy atom. The van der Waals surface area contributed by atoms with Crippen molar-refractivity contribution in [2.75, 3.05) is 50.8 Å². The fourth-order valence-corrected chi connectivity index (χ4v) is 5.33. The zero-order chi connectivity index (χ0) is 29.0. The summed E-state index contributed by atoms with van der Waals surface area (Å²) in [7, 11) is 0. The van der Waals surface area contributed by atoms with Crippen LogP contribution in [0.2, 0.25) is 10.0 Å². The summed E-state index contributed by atoms with van der Waals surface area (Å²) in [6.07, 6.45) is 5.18. The summed E-state index contributed by atoms with van der Waals surface area (Å²) >= 11 is 12.6. The van der Waals surface area contributed by atoms with Crippen LogP contribution in [0, 0.1) is 0 Å². The second-order valence-corrected chi connectivity index (χ2v) is 11.0. The van der Waals surface area contributed by atoms with E-state index < -0.39 is 6.16 Å². The van der Waals surface area contributed by atoms with Crippen molar-refractivity contribution in [1.82, 2.24) is 9.47 Å². The topological polar surface area (TPSA) is 73.2 Å². The number of carbonyl (C=O) groups is 1. The van der Waals surface area contributed by atoms with Crippen LogP contribution in [-0.4, -0.2) is 61.6 Å². The summed E-state index contributed by atoms with van der Waals surface area (Å²) in [5.74, 6) is 0.669. The number of fused-ring (bicyclic) bond motifs is 1. The Labute approximate surface area is 251 Å². The maximum atomic E-state index is 12.5. The van der Waals surface area contributed by atoms with Gasteiger partial charge in [0.05, 0.1) is 34.5 Å². The van der Waals surface area contributed by atoms with Crippen LogP contribution in [-0.2, 0) is 16.2 Å². The van der Waals surface area contributed by atoms with E-state index in [1.165, 1.54) is 10.6 Å². The maximum absolute atomic E-state index is 12.5. The van der Waals surface area contributed by atoms with E-state index in [0.29, 0.717) is 34.5 Å². The van der Waals surface area contributed by atoms with Crippen LogP contribution in [0.1, 0.15) is 45.4 Å². The first-order chi connectivity index (χ1) is 20.0. The van der Waals surface area contributed by atoms with Gasteiger partial charge in [0, 0.05) is 38.3 Å². The van der Waals surface area contributed by atoms with Crippen molar-refractivity contribution in [2.45, 2.75) is 52.2 Å². The maximum Gasteiger partial charge on any atom is 0.510 e. The summed E-state index contributed by atoms with van der Waals surface area (Å²) in [4.78, 5) is 29.3. The molecule has 0 radical (unpaired) electrons. The van der Waals surface area contributed by atoms with Crippen molar-refractivity contribution in [2.24, 2.45) is 0 Å². The lowest BCUT2D eigenvalue weighted by Crippen LogP contribution is -2.46. The number of halogens is 2. The Balaban J connectivity index is 1.20. The lowest BCUT2D eigenvalue weighted by molar-refractivity contribution is 0.0331. The van der Waals surface area contributed by atoms with Gasteiger partial charge in [0.2, 0.25) is 0 Å². The third-order valence-electron chi connectivity index (χ3n) is 7.28. The van der Waals surface area contributed by atoms with Gasteiger partial charge in [-0.1, -0.05) is 55.5 Å². The van der Waals surface area contributed by atoms with Gasteiger partial charge >= 0.3 is 6.16 Å². The SMILES string of the molecule is CCCCCCOC(=O)OCn1c(=O)ccc2ccc(OCCCCN3CCN(c4cccc(Cl)c4Cl)CC3)cc21. The smallest absolute Gasteiger partial charge is 0.494 e. The Morgan fingerprint density at radius 1 is 0.878 bits per heavy atom. The summed E-state index contributed by atoms with van der Waals surface area (Å²) < 4.78 is 17.8. The minimum Gasteiger partial charge on any atom is -0.494 e. The molecule has 10 heteroatoms. The number of hydrogen-bond acceptors (Lipinski definition) is 7. The van der Waals surface area contributed by atoms with Gasteiger partial charge in [-0.05, 0) is 61.5 Å². The summed E-state index contributed by atoms with van der Waals surface area (Å²) in [6, 6.07) is 14.6. The number of ether oxygens (including phenoxy) is 3. The minimum absolute atomic E-state index is 0.218. The molecule has 2 heterocycles. The van der Waals surface area contributed by atoms with Crippen LogP contribution in [0.3, 0.4) is 0 Å². The molecule has 222 valence electrons. The molecule has 1 saturated heterocycles. The lowest BCUT2D eigenvalue weighted by atomic mass is 10.2. The molecule has 0 N–H and O–H groups in total. The summed E-state index contributed by atoms with van der Waals surface area (Å²) in [6.45, 7) is 7.57. The summed E-state index contributed by atoms with van der Waals surface area (Å²) in [5, 5.41) is 2.06. The number of pyridine rings is 1. The third-order valence-corrected chi connectivity index (χ3v) is 8.08. The molecule has 3 aromatic rings. The van der Waals surface area contributed by atoms with Crippen LogP contribution in [0.4, 0.5) is 10.5 Å². The zero-order valence-electron chi connectivity index (χ0n) is 23.7. The van der Waals surface area contributed by atoms with Crippen LogP contribution in [0.25, 0.3) is 10.9 Å². The van der Waals surface area contributed by atoms with E-state index in [0.717, 1.165) is 82.3 Å². The Morgan fingerprint density at radius 3 is 2.46 bits per heavy atom. The molecule has 0 atom stereocenters. The van der Waals surface area contributed by atoms with Crippen molar-refractivity contribution in [3.05, 3.63) is 68.9 Å². The number of benzene rings is 2. The van der Waals surface area contributed by atoms with E-state index in [1.54, 1.807) is 6.07 Å². The van der Waals surface area contributed by atoms with Gasteiger partial charge in [-0.2, -0.15) is 0 Å². The Bertz CT molecular complexity index is 1340. The van der Waals surface area contributed by atoms with E-state index in [1.807, 2.05) is 36.4 Å². The fourth-order valence-electron chi connectivity index (χ4n) is 4.91. The molecule has 1 aliphatic heterocycles. The molecule has 0 amide bonds. The molecule has 1 aliphatic rings. The molecule has 0 bridgehead atoms. The van der Waals surface area contributed by atoms with Crippen molar-refractivity contribution in [3.8, 4) is 5.75 Å². The lowest BCUT2D eigenvalue weighted by Gasteiger charge is -2.36. The predicted molar refractivity (Wildman–Crippen MR) is 165 cm³/mol. The summed E-state index contributed by atoms with van der Waals surface area (Å²) in [5.41, 5.74) is 1.38. The predicted octanol–water partition coefficient (Wildman–Crippen LogP) is 6.98. The van der Waals surface area contributed by atoms with E-state index in [2.05, 4.69) is 16.7 Å². The molecule has 1 fully saturated rings. The van der Waals surface area contributed by atoms with E-state index in [-0.39, 0.29) is 12.3 Å². The number of anilines is 1. The van der Waals surface area contributed by atoms with Gasteiger partial charge < -0.3 is 19.1 Å². The molecule has 8 nitrogen and oxygen atoms in total. The quantitative estimate of drug-likeness (QED) is 0.145. The van der Waals surface area contributed by atoms with E-state index >= 15 is 0 Å². The molecule has 2 aromatic carbocycles. The molecule has 41 heavy (non-hydrogen) atoms. The monoisotopic (exact) mass is 603 g/mol.